The Labute approximate surface area is 153 Å². The van der Waals surface area contributed by atoms with Gasteiger partial charge in [0, 0.05) is 6.54 Å². The number of esters is 1. The molecule has 0 unspecified atom stereocenters. The number of nitrogens with one attached hydrogen (secondary N) is 1. The van der Waals surface area contributed by atoms with Crippen molar-refractivity contribution in [2.75, 3.05) is 13.7 Å². The van der Waals surface area contributed by atoms with Gasteiger partial charge in [0.15, 0.2) is 0 Å². The predicted octanol–water partition coefficient (Wildman–Crippen LogP) is 2.02. The van der Waals surface area contributed by atoms with Gasteiger partial charge in [0.2, 0.25) is 5.91 Å². The Bertz CT molecular complexity index is 647. The van der Waals surface area contributed by atoms with Crippen molar-refractivity contribution >= 4 is 18.0 Å². The summed E-state index contributed by atoms with van der Waals surface area (Å²) in [4.78, 5) is 38.0. The molecule has 1 saturated heterocycles. The summed E-state index contributed by atoms with van der Waals surface area (Å²) >= 11 is 0. The SMILES string of the molecule is C=CC[C@@H](NC(=O)[C@H]1CCCN1C(=O)OCc1ccccc1)C(=O)OC. The summed E-state index contributed by atoms with van der Waals surface area (Å²) in [7, 11) is 1.26. The standard InChI is InChI=1S/C19H24N2O5/c1-3-8-15(18(23)25-2)20-17(22)16-11-7-12-21(16)19(24)26-13-14-9-5-4-6-10-14/h3-6,9-10,15-16H,1,7-8,11-13H2,2H3,(H,20,22)/t15-,16-/m1/s1. The van der Waals surface area contributed by atoms with Crippen LogP contribution in [-0.4, -0.2) is 48.6 Å². The van der Waals surface area contributed by atoms with Gasteiger partial charge < -0.3 is 14.8 Å². The van der Waals surface area contributed by atoms with E-state index < -0.39 is 30.1 Å². The van der Waals surface area contributed by atoms with Crippen LogP contribution in [-0.2, 0) is 25.7 Å². The third-order valence-electron chi connectivity index (χ3n) is 4.20. The summed E-state index contributed by atoms with van der Waals surface area (Å²) in [6.45, 7) is 4.16. The third kappa shape index (κ3) is 5.08. The highest BCUT2D eigenvalue weighted by molar-refractivity contribution is 5.90. The Morgan fingerprint density at radius 3 is 2.73 bits per heavy atom. The van der Waals surface area contributed by atoms with E-state index in [0.717, 1.165) is 5.56 Å². The molecular weight excluding hydrogens is 336 g/mol. The smallest absolute Gasteiger partial charge is 0.410 e. The number of methoxy groups -OCH3 is 1. The first-order valence-corrected chi connectivity index (χ1v) is 8.53. The van der Waals surface area contributed by atoms with E-state index in [1.807, 2.05) is 30.3 Å². The van der Waals surface area contributed by atoms with Gasteiger partial charge >= 0.3 is 12.1 Å². The molecule has 1 aliphatic rings. The predicted molar refractivity (Wildman–Crippen MR) is 95.1 cm³/mol. The minimum atomic E-state index is -0.812. The van der Waals surface area contributed by atoms with E-state index in [0.29, 0.717) is 19.4 Å². The lowest BCUT2D eigenvalue weighted by Crippen LogP contribution is -2.51. The summed E-state index contributed by atoms with van der Waals surface area (Å²) in [6, 6.07) is 7.86. The molecular formula is C19H24N2O5. The fourth-order valence-corrected chi connectivity index (χ4v) is 2.85. The van der Waals surface area contributed by atoms with Gasteiger partial charge in [-0.1, -0.05) is 36.4 Å². The van der Waals surface area contributed by atoms with E-state index in [1.54, 1.807) is 0 Å². The second kappa shape index (κ2) is 9.60. The van der Waals surface area contributed by atoms with Crippen molar-refractivity contribution in [2.24, 2.45) is 0 Å². The highest BCUT2D eigenvalue weighted by atomic mass is 16.6. The first kappa shape index (κ1) is 19.5. The molecule has 1 fully saturated rings. The lowest BCUT2D eigenvalue weighted by molar-refractivity contribution is -0.145. The fraction of sp³-hybridized carbons (Fsp3) is 0.421. The number of rotatable bonds is 7. The zero-order valence-electron chi connectivity index (χ0n) is 14.8. The molecule has 7 nitrogen and oxygen atoms in total. The molecule has 26 heavy (non-hydrogen) atoms. The van der Waals surface area contributed by atoms with E-state index in [-0.39, 0.29) is 13.0 Å². The van der Waals surface area contributed by atoms with Crippen molar-refractivity contribution in [2.45, 2.75) is 38.0 Å². The molecule has 2 rings (SSSR count). The van der Waals surface area contributed by atoms with E-state index in [9.17, 15) is 14.4 Å². The molecule has 1 N–H and O–H groups in total. The lowest BCUT2D eigenvalue weighted by Gasteiger charge is -2.25. The minimum Gasteiger partial charge on any atom is -0.467 e. The van der Waals surface area contributed by atoms with Gasteiger partial charge in [0.25, 0.3) is 0 Å². The molecule has 2 amide bonds. The van der Waals surface area contributed by atoms with Crippen LogP contribution in [0.2, 0.25) is 0 Å². The van der Waals surface area contributed by atoms with Crippen LogP contribution in [0.25, 0.3) is 0 Å². The number of ether oxygens (including phenoxy) is 2. The average molecular weight is 360 g/mol. The molecule has 7 heteroatoms. The van der Waals surface area contributed by atoms with Crippen molar-refractivity contribution < 1.29 is 23.9 Å². The van der Waals surface area contributed by atoms with Crippen molar-refractivity contribution in [3.8, 4) is 0 Å². The first-order valence-electron chi connectivity index (χ1n) is 8.53. The van der Waals surface area contributed by atoms with E-state index in [1.165, 1.54) is 18.1 Å². The maximum Gasteiger partial charge on any atom is 0.410 e. The van der Waals surface area contributed by atoms with Gasteiger partial charge in [-0.05, 0) is 24.8 Å². The molecule has 0 aliphatic carbocycles. The van der Waals surface area contributed by atoms with Gasteiger partial charge in [-0.25, -0.2) is 9.59 Å². The van der Waals surface area contributed by atoms with Gasteiger partial charge in [-0.3, -0.25) is 9.69 Å². The highest BCUT2D eigenvalue weighted by Gasteiger charge is 2.36. The molecule has 0 bridgehead atoms. The molecule has 1 aromatic carbocycles. The lowest BCUT2D eigenvalue weighted by atomic mass is 10.1. The third-order valence-corrected chi connectivity index (χ3v) is 4.20. The van der Waals surface area contributed by atoms with Crippen LogP contribution in [0, 0.1) is 0 Å². The zero-order valence-corrected chi connectivity index (χ0v) is 14.8. The minimum absolute atomic E-state index is 0.145. The second-order valence-corrected chi connectivity index (χ2v) is 6.00. The second-order valence-electron chi connectivity index (χ2n) is 6.00. The molecule has 2 atom stereocenters. The number of benzene rings is 1. The molecule has 0 aromatic heterocycles. The molecule has 140 valence electrons. The maximum absolute atomic E-state index is 12.5. The Kier molecular flexibility index (Phi) is 7.20. The number of hydrogen-bond donors (Lipinski definition) is 1. The van der Waals surface area contributed by atoms with Gasteiger partial charge in [0.05, 0.1) is 7.11 Å². The summed E-state index contributed by atoms with van der Waals surface area (Å²) in [5.41, 5.74) is 0.873. The van der Waals surface area contributed by atoms with Crippen molar-refractivity contribution in [3.05, 3.63) is 48.6 Å². The molecule has 0 spiro atoms. The summed E-state index contributed by atoms with van der Waals surface area (Å²) in [6.07, 6.45) is 2.47. The van der Waals surface area contributed by atoms with Gasteiger partial charge in [-0.2, -0.15) is 0 Å². The van der Waals surface area contributed by atoms with Crippen molar-refractivity contribution in [1.29, 1.82) is 0 Å². The number of carbonyl (C=O) groups is 3. The number of nitrogens with zero attached hydrogens (tertiary/aromatic N) is 1. The van der Waals surface area contributed by atoms with Crippen LogP contribution in [0.1, 0.15) is 24.8 Å². The van der Waals surface area contributed by atoms with Crippen LogP contribution in [0.3, 0.4) is 0 Å². The van der Waals surface area contributed by atoms with Crippen molar-refractivity contribution in [3.63, 3.8) is 0 Å². The van der Waals surface area contributed by atoms with E-state index in [2.05, 4.69) is 16.6 Å². The number of likely N-dealkylation sites (tertiary alicyclic amines) is 1. The van der Waals surface area contributed by atoms with Crippen molar-refractivity contribution in [1.82, 2.24) is 10.2 Å². The Morgan fingerprint density at radius 1 is 1.35 bits per heavy atom. The van der Waals surface area contributed by atoms with E-state index in [4.69, 9.17) is 4.74 Å². The summed E-state index contributed by atoms with van der Waals surface area (Å²) < 4.78 is 10.00. The fourth-order valence-electron chi connectivity index (χ4n) is 2.85. The molecule has 1 aliphatic heterocycles. The van der Waals surface area contributed by atoms with Crippen LogP contribution in [0.5, 0.6) is 0 Å². The quantitative estimate of drug-likeness (QED) is 0.594. The van der Waals surface area contributed by atoms with Gasteiger partial charge in [-0.15, -0.1) is 6.58 Å². The average Bonchev–Trinajstić information content (AvgIpc) is 3.16. The largest absolute Gasteiger partial charge is 0.467 e. The van der Waals surface area contributed by atoms with Crippen LogP contribution in [0.4, 0.5) is 4.79 Å². The topological polar surface area (TPSA) is 84.9 Å². The summed E-state index contributed by atoms with van der Waals surface area (Å²) in [5, 5.41) is 2.64. The summed E-state index contributed by atoms with van der Waals surface area (Å²) in [5.74, 6) is -0.939. The molecule has 0 saturated carbocycles. The number of amides is 2. The van der Waals surface area contributed by atoms with E-state index >= 15 is 0 Å². The molecule has 1 aromatic rings. The number of hydrogen-bond acceptors (Lipinski definition) is 5. The monoisotopic (exact) mass is 360 g/mol. The van der Waals surface area contributed by atoms with Crippen LogP contribution < -0.4 is 5.32 Å². The highest BCUT2D eigenvalue weighted by Crippen LogP contribution is 2.19. The van der Waals surface area contributed by atoms with Gasteiger partial charge in [0.1, 0.15) is 18.7 Å². The Balaban J connectivity index is 1.94. The molecule has 0 radical (unpaired) electrons. The maximum atomic E-state index is 12.5. The Hall–Kier alpha value is -2.83. The number of carbonyl (C=O) groups excluding carboxylic acids is 3. The zero-order chi connectivity index (χ0) is 18.9. The van der Waals surface area contributed by atoms with Crippen LogP contribution in [0.15, 0.2) is 43.0 Å². The van der Waals surface area contributed by atoms with Crippen LogP contribution >= 0.6 is 0 Å². The molecule has 1 heterocycles. The Morgan fingerprint density at radius 2 is 2.08 bits per heavy atom. The first-order chi connectivity index (χ1) is 12.6. The normalized spacial score (nSPS) is 17.3.